The number of nitrogens with zero attached hydrogens (tertiary/aromatic N) is 1. The summed E-state index contributed by atoms with van der Waals surface area (Å²) in [5.74, 6) is 0.0704. The topological polar surface area (TPSA) is 49.4 Å². The van der Waals surface area contributed by atoms with Gasteiger partial charge in [-0.05, 0) is 39.6 Å². The fourth-order valence-electron chi connectivity index (χ4n) is 3.07. The Morgan fingerprint density at radius 2 is 2.12 bits per heavy atom. The number of hydrogen-bond donors (Lipinski definition) is 1. The third-order valence-corrected chi connectivity index (χ3v) is 4.05. The Kier molecular flexibility index (Phi) is 3.41. The van der Waals surface area contributed by atoms with Gasteiger partial charge in [0.1, 0.15) is 0 Å². The van der Waals surface area contributed by atoms with E-state index >= 15 is 0 Å². The molecule has 0 spiro atoms. The van der Waals surface area contributed by atoms with Crippen LogP contribution in [0.3, 0.4) is 0 Å². The van der Waals surface area contributed by atoms with E-state index in [1.54, 1.807) is 4.90 Å². The van der Waals surface area contributed by atoms with Crippen molar-refractivity contribution >= 4 is 11.7 Å². The van der Waals surface area contributed by atoms with Gasteiger partial charge in [0.15, 0.2) is 5.78 Å². The molecular weight excluding hydrogens is 216 g/mol. The second-order valence-electron chi connectivity index (χ2n) is 5.07. The minimum Gasteiger partial charge on any atom is -0.332 e. The fraction of sp³-hybridized carbons (Fsp3) is 0.846. The van der Waals surface area contributed by atoms with Gasteiger partial charge in [0.2, 0.25) is 5.91 Å². The minimum atomic E-state index is -0.363. The van der Waals surface area contributed by atoms with Crippen molar-refractivity contribution in [1.82, 2.24) is 10.2 Å². The van der Waals surface area contributed by atoms with Crippen LogP contribution in [0.4, 0.5) is 0 Å². The third kappa shape index (κ3) is 2.37. The maximum Gasteiger partial charge on any atom is 0.227 e. The van der Waals surface area contributed by atoms with Crippen LogP contribution in [0.2, 0.25) is 0 Å². The Morgan fingerprint density at radius 3 is 2.76 bits per heavy atom. The molecule has 17 heavy (non-hydrogen) atoms. The lowest BCUT2D eigenvalue weighted by molar-refractivity contribution is -0.140. The maximum atomic E-state index is 12.5. The minimum absolute atomic E-state index is 0.0112. The number of carbonyl (C=O) groups is 2. The number of likely N-dealkylation sites (tertiary alicyclic amines) is 1. The zero-order valence-corrected chi connectivity index (χ0v) is 10.6. The molecule has 2 fully saturated rings. The van der Waals surface area contributed by atoms with Gasteiger partial charge in [-0.1, -0.05) is 6.42 Å². The molecule has 4 nitrogen and oxygen atoms in total. The number of hydrogen-bond acceptors (Lipinski definition) is 3. The molecule has 0 aromatic rings. The van der Waals surface area contributed by atoms with Crippen molar-refractivity contribution in [2.75, 3.05) is 13.6 Å². The summed E-state index contributed by atoms with van der Waals surface area (Å²) in [5, 5.41) is 3.19. The molecule has 0 radical (unpaired) electrons. The van der Waals surface area contributed by atoms with Gasteiger partial charge in [-0.3, -0.25) is 9.59 Å². The van der Waals surface area contributed by atoms with Gasteiger partial charge in [0, 0.05) is 14.0 Å². The molecule has 4 heteroatoms. The lowest BCUT2D eigenvalue weighted by Crippen LogP contribution is -2.46. The molecule has 0 bridgehead atoms. The van der Waals surface area contributed by atoms with Crippen molar-refractivity contribution in [3.05, 3.63) is 0 Å². The van der Waals surface area contributed by atoms with Gasteiger partial charge in [-0.2, -0.15) is 0 Å². The zero-order chi connectivity index (χ0) is 13.3. The van der Waals surface area contributed by atoms with Crippen molar-refractivity contribution in [3.8, 4) is 0 Å². The van der Waals surface area contributed by atoms with Gasteiger partial charge in [0.05, 0.1) is 12.0 Å². The first-order valence-electron chi connectivity index (χ1n) is 7.02. The van der Waals surface area contributed by atoms with Gasteiger partial charge >= 0.3 is 0 Å². The summed E-state index contributed by atoms with van der Waals surface area (Å²) >= 11 is 0. The van der Waals surface area contributed by atoms with Crippen molar-refractivity contribution in [1.29, 1.82) is 0 Å². The van der Waals surface area contributed by atoms with E-state index in [-0.39, 0.29) is 36.1 Å². The first-order chi connectivity index (χ1) is 8.54. The van der Waals surface area contributed by atoms with Gasteiger partial charge in [-0.15, -0.1) is 0 Å². The highest BCUT2D eigenvalue weighted by atomic mass is 16.2. The quantitative estimate of drug-likeness (QED) is 0.799. The number of rotatable bonds is 3. The molecule has 1 aliphatic heterocycles. The Labute approximate surface area is 104 Å². The largest absolute Gasteiger partial charge is 0.332 e. The number of amides is 1. The van der Waals surface area contributed by atoms with Gasteiger partial charge in [-0.25, -0.2) is 0 Å². The van der Waals surface area contributed by atoms with Crippen LogP contribution in [0.25, 0.3) is 0 Å². The van der Waals surface area contributed by atoms with E-state index in [9.17, 15) is 9.59 Å². The summed E-state index contributed by atoms with van der Waals surface area (Å²) in [6, 6.07) is -0.131. The molecule has 1 N–H and O–H groups in total. The van der Waals surface area contributed by atoms with E-state index in [0.717, 1.165) is 19.3 Å². The van der Waals surface area contributed by atoms with Crippen LogP contribution < -0.4 is 5.32 Å². The number of carbonyl (C=O) groups excluding carboxylic acids is 2. The van der Waals surface area contributed by atoms with Crippen molar-refractivity contribution in [2.24, 2.45) is 5.92 Å². The van der Waals surface area contributed by atoms with Crippen molar-refractivity contribution < 1.29 is 11.0 Å². The van der Waals surface area contributed by atoms with E-state index in [1.165, 1.54) is 6.92 Å². The van der Waals surface area contributed by atoms with Gasteiger partial charge in [0.25, 0.3) is 0 Å². The van der Waals surface area contributed by atoms with Crippen LogP contribution in [-0.4, -0.2) is 42.3 Å². The number of Topliss-reactive ketones (excluding diaryl/α,β-unsaturated/α-hetero) is 1. The maximum absolute atomic E-state index is 12.5. The van der Waals surface area contributed by atoms with Gasteiger partial charge < -0.3 is 10.2 Å². The average molecular weight is 240 g/mol. The molecule has 4 atom stereocenters. The second kappa shape index (κ2) is 5.17. The lowest BCUT2D eigenvalue weighted by Gasteiger charge is -2.28. The van der Waals surface area contributed by atoms with Crippen LogP contribution in [0.5, 0.6) is 0 Å². The molecule has 1 amide bonds. The third-order valence-electron chi connectivity index (χ3n) is 4.05. The second-order valence-corrected chi connectivity index (χ2v) is 5.07. The van der Waals surface area contributed by atoms with E-state index in [1.807, 2.05) is 7.05 Å². The predicted octanol–water partition coefficient (Wildman–Crippen LogP) is 0.954. The molecule has 1 saturated heterocycles. The molecule has 1 saturated carbocycles. The van der Waals surface area contributed by atoms with Crippen LogP contribution >= 0.6 is 0 Å². The first kappa shape index (κ1) is 11.2. The Hall–Kier alpha value is -0.900. The van der Waals surface area contributed by atoms with Crippen LogP contribution in [-0.2, 0) is 9.59 Å². The molecule has 2 rings (SSSR count). The highest BCUT2D eigenvalue weighted by molar-refractivity contribution is 5.89. The molecule has 1 heterocycles. The molecule has 0 aromatic heterocycles. The molecule has 2 aliphatic rings. The number of ketones is 1. The van der Waals surface area contributed by atoms with Crippen LogP contribution in [0.1, 0.15) is 40.4 Å². The summed E-state index contributed by atoms with van der Waals surface area (Å²) < 4.78 is 7.78. The Bertz CT molecular complexity index is 348. The SMILES string of the molecule is [3H][C@H]1C[C@H](C(C)=O)N(C(=O)[C@@H]2CCCC2NC)C1. The van der Waals surface area contributed by atoms with Crippen LogP contribution in [0.15, 0.2) is 0 Å². The molecule has 96 valence electrons. The molecular formula is C13H22N2O2. The first-order valence-corrected chi connectivity index (χ1v) is 6.45. The summed E-state index contributed by atoms with van der Waals surface area (Å²) in [6.45, 7) is 1.93. The van der Waals surface area contributed by atoms with E-state index < -0.39 is 0 Å². The van der Waals surface area contributed by atoms with E-state index in [0.29, 0.717) is 13.0 Å². The molecule has 1 unspecified atom stereocenters. The Balaban J connectivity index is 2.10. The van der Waals surface area contributed by atoms with E-state index in [4.69, 9.17) is 1.37 Å². The average Bonchev–Trinajstić information content (AvgIpc) is 2.93. The lowest BCUT2D eigenvalue weighted by atomic mass is 10.0. The predicted molar refractivity (Wildman–Crippen MR) is 65.6 cm³/mol. The summed E-state index contributed by atoms with van der Waals surface area (Å²) in [5.41, 5.74) is 0. The smallest absolute Gasteiger partial charge is 0.227 e. The highest BCUT2D eigenvalue weighted by Gasteiger charge is 2.39. The van der Waals surface area contributed by atoms with Crippen molar-refractivity contribution in [2.45, 2.75) is 51.1 Å². The molecule has 0 aromatic carbocycles. The van der Waals surface area contributed by atoms with Crippen molar-refractivity contribution in [3.63, 3.8) is 0 Å². The standard InChI is InChI=1S/C13H22N2O2/c1-9(16)12-7-4-8-15(12)13(17)10-5-3-6-11(10)14-2/h10-12,14H,3-8H2,1-2H3/t10-,11?,12-/m1/s1/i4T/t4-,10+,11?,12+/m0. The van der Waals surface area contributed by atoms with Crippen LogP contribution in [0, 0.1) is 5.92 Å². The molecule has 1 aliphatic carbocycles. The fourth-order valence-corrected chi connectivity index (χ4v) is 3.07. The summed E-state index contributed by atoms with van der Waals surface area (Å²) in [6.07, 6.45) is 3.17. The Morgan fingerprint density at radius 1 is 1.35 bits per heavy atom. The summed E-state index contributed by atoms with van der Waals surface area (Å²) in [4.78, 5) is 25.8. The summed E-state index contributed by atoms with van der Waals surface area (Å²) in [7, 11) is 1.88. The monoisotopic (exact) mass is 240 g/mol. The van der Waals surface area contributed by atoms with E-state index in [2.05, 4.69) is 5.32 Å². The number of nitrogens with one attached hydrogen (secondary N) is 1. The zero-order valence-electron chi connectivity index (χ0n) is 11.6. The highest BCUT2D eigenvalue weighted by Crippen LogP contribution is 2.30. The normalized spacial score (nSPS) is 38.2.